The molecule has 0 aliphatic rings. The number of aliphatic hydroxyl groups excluding tert-OH is 1. The first-order valence-corrected chi connectivity index (χ1v) is 21.1. The zero-order valence-electron chi connectivity index (χ0n) is 36.6. The van der Waals surface area contributed by atoms with Gasteiger partial charge in [0.25, 0.3) is 0 Å². The van der Waals surface area contributed by atoms with E-state index < -0.39 is 17.3 Å². The van der Waals surface area contributed by atoms with Crippen LogP contribution in [-0.2, 0) is 34.9 Å². The molecular weight excluding hydrogens is 799 g/mol. The van der Waals surface area contributed by atoms with E-state index >= 15 is 0 Å². The maximum atomic E-state index is 11.1. The largest absolute Gasteiger partial charge is 0.497 e. The summed E-state index contributed by atoms with van der Waals surface area (Å²) in [6.07, 6.45) is -0.894. The third-order valence-electron chi connectivity index (χ3n) is 10.7. The fraction of sp³-hybridized carbons (Fsp3) is 0.308. The molecule has 6 rings (SSSR count). The molecular formula is C52H59NO10. The molecule has 0 saturated heterocycles. The Labute approximate surface area is 371 Å². The van der Waals surface area contributed by atoms with Gasteiger partial charge in [-0.2, -0.15) is 0 Å². The molecule has 0 radical (unpaired) electrons. The first-order chi connectivity index (χ1) is 31.0. The van der Waals surface area contributed by atoms with E-state index in [2.05, 4.69) is 17.4 Å². The van der Waals surface area contributed by atoms with Crippen molar-refractivity contribution in [3.63, 3.8) is 0 Å². The summed E-state index contributed by atoms with van der Waals surface area (Å²) in [5.41, 5.74) is 3.65. The van der Waals surface area contributed by atoms with Gasteiger partial charge in [0, 0.05) is 6.54 Å². The van der Waals surface area contributed by atoms with E-state index in [1.165, 1.54) is 0 Å². The predicted octanol–water partition coefficient (Wildman–Crippen LogP) is 8.00. The molecule has 0 heterocycles. The van der Waals surface area contributed by atoms with Crippen LogP contribution >= 0.6 is 0 Å². The number of benzene rings is 6. The van der Waals surface area contributed by atoms with Crippen molar-refractivity contribution in [3.05, 3.63) is 191 Å². The monoisotopic (exact) mass is 857 g/mol. The summed E-state index contributed by atoms with van der Waals surface area (Å²) in [5, 5.41) is 14.3. The third-order valence-corrected chi connectivity index (χ3v) is 10.7. The summed E-state index contributed by atoms with van der Waals surface area (Å²) < 4.78 is 52.9. The molecule has 0 spiro atoms. The highest BCUT2D eigenvalue weighted by Crippen LogP contribution is 2.43. The molecule has 1 atom stereocenters. The second-order valence-corrected chi connectivity index (χ2v) is 14.6. The second-order valence-electron chi connectivity index (χ2n) is 14.6. The summed E-state index contributed by atoms with van der Waals surface area (Å²) >= 11 is 0. The number of nitrogens with one attached hydrogen (secondary N) is 1. The Bertz CT molecular complexity index is 2070. The summed E-state index contributed by atoms with van der Waals surface area (Å²) in [5.74, 6) is 2.99. The molecule has 0 aliphatic carbocycles. The van der Waals surface area contributed by atoms with Gasteiger partial charge >= 0.3 is 0 Å². The maximum absolute atomic E-state index is 11.1. The zero-order valence-corrected chi connectivity index (χ0v) is 36.6. The summed E-state index contributed by atoms with van der Waals surface area (Å²) in [4.78, 5) is 0. The summed E-state index contributed by atoms with van der Waals surface area (Å²) in [6, 6.07) is 51.6. The smallest absolute Gasteiger partial charge is 0.143 e. The highest BCUT2D eigenvalue weighted by Gasteiger charge is 2.39. The summed E-state index contributed by atoms with van der Waals surface area (Å²) in [7, 11) is 6.59. The Hall–Kier alpha value is -5.76. The minimum absolute atomic E-state index is 0.0105. The molecule has 0 aromatic heterocycles. The van der Waals surface area contributed by atoms with Crippen LogP contribution in [-0.4, -0.2) is 99.2 Å². The van der Waals surface area contributed by atoms with E-state index in [9.17, 15) is 5.11 Å². The van der Waals surface area contributed by atoms with Gasteiger partial charge in [-0.15, -0.1) is 0 Å². The van der Waals surface area contributed by atoms with Gasteiger partial charge in [0.05, 0.1) is 81.4 Å². The molecule has 6 aromatic carbocycles. The van der Waals surface area contributed by atoms with Gasteiger partial charge in [0.1, 0.15) is 40.3 Å². The summed E-state index contributed by atoms with van der Waals surface area (Å²) in [6.45, 7) is 2.84. The van der Waals surface area contributed by atoms with Crippen LogP contribution in [0, 0.1) is 0 Å². The lowest BCUT2D eigenvalue weighted by Crippen LogP contribution is -2.37. The van der Waals surface area contributed by atoms with Crippen molar-refractivity contribution in [2.24, 2.45) is 0 Å². The highest BCUT2D eigenvalue weighted by molar-refractivity contribution is 5.51. The number of rotatable bonds is 27. The number of aliphatic hydroxyl groups is 1. The SMILES string of the molecule is COc1ccc(C(OCCOCCNCOCCOCC(O)COC(c2ccccc2)(c2ccc(OC)cc2)c2ccc(OC)cc2)(c2ccccc2)c2ccc(OC)cc2)cc1. The fourth-order valence-corrected chi connectivity index (χ4v) is 7.47. The lowest BCUT2D eigenvalue weighted by molar-refractivity contribution is -0.0693. The average Bonchev–Trinajstić information content (AvgIpc) is 3.35. The van der Waals surface area contributed by atoms with Gasteiger partial charge in [0.2, 0.25) is 0 Å². The van der Waals surface area contributed by atoms with Gasteiger partial charge in [-0.3, -0.25) is 5.32 Å². The van der Waals surface area contributed by atoms with Gasteiger partial charge in [-0.1, -0.05) is 109 Å². The quantitative estimate of drug-likeness (QED) is 0.0299. The first-order valence-electron chi connectivity index (χ1n) is 21.1. The topological polar surface area (TPSA) is 115 Å². The number of methoxy groups -OCH3 is 4. The van der Waals surface area contributed by atoms with Crippen molar-refractivity contribution < 1.29 is 47.7 Å². The van der Waals surface area contributed by atoms with Crippen LogP contribution in [0.1, 0.15) is 33.4 Å². The molecule has 0 aliphatic heterocycles. The van der Waals surface area contributed by atoms with Crippen LogP contribution in [0.2, 0.25) is 0 Å². The molecule has 0 fully saturated rings. The van der Waals surface area contributed by atoms with E-state index in [4.69, 9.17) is 42.6 Å². The van der Waals surface area contributed by atoms with E-state index in [1.807, 2.05) is 146 Å². The molecule has 11 nitrogen and oxygen atoms in total. The molecule has 63 heavy (non-hydrogen) atoms. The van der Waals surface area contributed by atoms with Gasteiger partial charge in [-0.05, 0) is 81.9 Å². The van der Waals surface area contributed by atoms with Crippen LogP contribution in [0.3, 0.4) is 0 Å². The van der Waals surface area contributed by atoms with Crippen LogP contribution in [0.25, 0.3) is 0 Å². The van der Waals surface area contributed by atoms with E-state index in [1.54, 1.807) is 28.4 Å². The Morgan fingerprint density at radius 1 is 0.397 bits per heavy atom. The Kier molecular flexibility index (Phi) is 17.9. The molecule has 11 heteroatoms. The van der Waals surface area contributed by atoms with Gasteiger partial charge in [-0.25, -0.2) is 0 Å². The van der Waals surface area contributed by atoms with Crippen molar-refractivity contribution in [3.8, 4) is 23.0 Å². The maximum Gasteiger partial charge on any atom is 0.143 e. The minimum atomic E-state index is -1.03. The normalized spacial score (nSPS) is 12.1. The molecule has 6 aromatic rings. The number of hydrogen-bond donors (Lipinski definition) is 2. The van der Waals surface area contributed by atoms with E-state index in [0.717, 1.165) is 56.4 Å². The average molecular weight is 858 g/mol. The van der Waals surface area contributed by atoms with Crippen molar-refractivity contribution in [1.82, 2.24) is 5.32 Å². The number of hydrogen-bond acceptors (Lipinski definition) is 11. The van der Waals surface area contributed by atoms with Crippen LogP contribution in [0.5, 0.6) is 23.0 Å². The second kappa shape index (κ2) is 24.2. The predicted molar refractivity (Wildman–Crippen MR) is 243 cm³/mol. The van der Waals surface area contributed by atoms with Crippen molar-refractivity contribution >= 4 is 0 Å². The lowest BCUT2D eigenvalue weighted by Gasteiger charge is -2.36. The molecule has 2 N–H and O–H groups in total. The van der Waals surface area contributed by atoms with Crippen LogP contribution in [0.4, 0.5) is 0 Å². The van der Waals surface area contributed by atoms with Gasteiger partial charge in [0.15, 0.2) is 0 Å². The molecule has 0 saturated carbocycles. The molecule has 332 valence electrons. The Morgan fingerprint density at radius 2 is 0.762 bits per heavy atom. The lowest BCUT2D eigenvalue weighted by atomic mass is 9.80. The minimum Gasteiger partial charge on any atom is -0.497 e. The van der Waals surface area contributed by atoms with E-state index in [-0.39, 0.29) is 13.2 Å². The van der Waals surface area contributed by atoms with E-state index in [0.29, 0.717) is 46.3 Å². The number of ether oxygens (including phenoxy) is 9. The Morgan fingerprint density at radius 3 is 1.17 bits per heavy atom. The first kappa shape index (κ1) is 46.7. The highest BCUT2D eigenvalue weighted by atomic mass is 16.5. The zero-order chi connectivity index (χ0) is 44.2. The third kappa shape index (κ3) is 12.0. The van der Waals surface area contributed by atoms with Crippen molar-refractivity contribution in [2.75, 3.05) is 88.0 Å². The van der Waals surface area contributed by atoms with Crippen molar-refractivity contribution in [2.45, 2.75) is 17.3 Å². The van der Waals surface area contributed by atoms with Crippen molar-refractivity contribution in [1.29, 1.82) is 0 Å². The Balaban J connectivity index is 0.941. The molecule has 1 unspecified atom stereocenters. The standard InChI is InChI=1S/C52H59NO10/c1-55-47-23-15-42(16-24-47)51(40-11-7-5-8-12-40,43-17-25-48(56-2)26-18-43)62-36-35-59-32-31-53-39-61-34-33-60-37-46(54)38-63-52(41-13-9-6-10-14-41,44-19-27-49(57-3)28-20-44)45-21-29-50(58-4)30-22-45/h5-30,46,53-54H,31-39H2,1-4H3. The molecule has 0 bridgehead atoms. The van der Waals surface area contributed by atoms with Gasteiger partial charge < -0.3 is 47.7 Å². The van der Waals surface area contributed by atoms with Crippen LogP contribution in [0.15, 0.2) is 158 Å². The van der Waals surface area contributed by atoms with Crippen LogP contribution < -0.4 is 24.3 Å². The fourth-order valence-electron chi connectivity index (χ4n) is 7.47. The molecule has 0 amide bonds.